The van der Waals surface area contributed by atoms with Crippen molar-refractivity contribution in [2.45, 2.75) is 38.3 Å². The van der Waals surface area contributed by atoms with Crippen LogP contribution in [0.4, 0.5) is 22.0 Å². The van der Waals surface area contributed by atoms with E-state index in [-0.39, 0.29) is 0 Å². The first-order valence-electron chi connectivity index (χ1n) is 5.32. The molecule has 0 bridgehead atoms. The van der Waals surface area contributed by atoms with Crippen molar-refractivity contribution < 1.29 is 34.9 Å². The topological polar surface area (TPSA) is 54.4 Å². The van der Waals surface area contributed by atoms with Crippen LogP contribution in [0.15, 0.2) is 4.90 Å². The van der Waals surface area contributed by atoms with Crippen molar-refractivity contribution in [2.24, 2.45) is 0 Å². The summed E-state index contributed by atoms with van der Waals surface area (Å²) in [6, 6.07) is 0. The maximum Gasteiger partial charge on any atom is 0.295 e. The molecule has 20 heavy (non-hydrogen) atoms. The highest BCUT2D eigenvalue weighted by Gasteiger charge is 2.29. The monoisotopic (exact) mass is 318 g/mol. The second-order valence-electron chi connectivity index (χ2n) is 3.87. The van der Waals surface area contributed by atoms with Gasteiger partial charge in [0.15, 0.2) is 0 Å². The maximum atomic E-state index is 13.0. The lowest BCUT2D eigenvalue weighted by molar-refractivity contribution is 0.403. The highest BCUT2D eigenvalue weighted by Crippen LogP contribution is 2.35. The van der Waals surface area contributed by atoms with Gasteiger partial charge in [-0.25, -0.2) is 22.0 Å². The smallest absolute Gasteiger partial charge is 0.282 e. The first-order valence-corrected chi connectivity index (χ1v) is 6.76. The van der Waals surface area contributed by atoms with Crippen molar-refractivity contribution in [3.05, 3.63) is 27.8 Å². The van der Waals surface area contributed by atoms with Crippen molar-refractivity contribution >= 4 is 10.1 Å². The van der Waals surface area contributed by atoms with Crippen molar-refractivity contribution in [3.63, 3.8) is 0 Å². The Morgan fingerprint density at radius 3 is 1.10 bits per heavy atom. The molecule has 9 heteroatoms. The molecule has 0 aliphatic heterocycles. The van der Waals surface area contributed by atoms with Crippen LogP contribution >= 0.6 is 0 Å². The van der Waals surface area contributed by atoms with E-state index in [2.05, 4.69) is 0 Å². The van der Waals surface area contributed by atoms with Gasteiger partial charge in [0.05, 0.1) is 0 Å². The van der Waals surface area contributed by atoms with Gasteiger partial charge in [0.1, 0.15) is 38.3 Å². The van der Waals surface area contributed by atoms with Crippen LogP contribution in [0.5, 0.6) is 0 Å². The standard InChI is InChI=1S/C11H11F5O3S/c12-1-6-7(2-13)9(4-15)11(20(17,18)19)10(5-16)8(6)3-14/h1-5H2,(H,17,18,19). The summed E-state index contributed by atoms with van der Waals surface area (Å²) in [6.45, 7) is -7.49. The van der Waals surface area contributed by atoms with E-state index in [1.165, 1.54) is 0 Å². The molecule has 0 saturated heterocycles. The quantitative estimate of drug-likeness (QED) is 0.647. The molecule has 0 aliphatic carbocycles. The molecule has 0 unspecified atom stereocenters. The minimum absolute atomic E-state index is 0.622. The zero-order valence-corrected chi connectivity index (χ0v) is 10.9. The van der Waals surface area contributed by atoms with Crippen LogP contribution in [0.3, 0.4) is 0 Å². The second kappa shape index (κ2) is 6.49. The Balaban J connectivity index is 4.01. The van der Waals surface area contributed by atoms with Gasteiger partial charge in [0, 0.05) is 11.1 Å². The molecule has 0 atom stereocenters. The number of hydrogen-bond acceptors (Lipinski definition) is 2. The molecule has 0 heterocycles. The number of benzene rings is 1. The van der Waals surface area contributed by atoms with E-state index in [1.54, 1.807) is 0 Å². The van der Waals surface area contributed by atoms with E-state index in [1.807, 2.05) is 0 Å². The zero-order valence-electron chi connectivity index (χ0n) is 10.1. The lowest BCUT2D eigenvalue weighted by Gasteiger charge is -2.19. The molecule has 0 aliphatic rings. The molecule has 0 fully saturated rings. The van der Waals surface area contributed by atoms with Gasteiger partial charge in [-0.3, -0.25) is 4.55 Å². The first-order chi connectivity index (χ1) is 9.37. The van der Waals surface area contributed by atoms with Crippen LogP contribution < -0.4 is 0 Å². The van der Waals surface area contributed by atoms with Crippen LogP contribution in [-0.2, 0) is 43.5 Å². The van der Waals surface area contributed by atoms with Crippen LogP contribution in [-0.4, -0.2) is 13.0 Å². The van der Waals surface area contributed by atoms with Gasteiger partial charge in [0.25, 0.3) is 10.1 Å². The second-order valence-corrected chi connectivity index (χ2v) is 5.22. The van der Waals surface area contributed by atoms with Crippen molar-refractivity contribution in [3.8, 4) is 0 Å². The fraction of sp³-hybridized carbons (Fsp3) is 0.455. The average Bonchev–Trinajstić information content (AvgIpc) is 2.42. The van der Waals surface area contributed by atoms with E-state index >= 15 is 0 Å². The highest BCUT2D eigenvalue weighted by molar-refractivity contribution is 7.86. The third-order valence-corrected chi connectivity index (χ3v) is 3.94. The Morgan fingerprint density at radius 2 is 0.900 bits per heavy atom. The summed E-state index contributed by atoms with van der Waals surface area (Å²) in [5.41, 5.74) is -3.82. The lowest BCUT2D eigenvalue weighted by atomic mass is 9.93. The lowest BCUT2D eigenvalue weighted by Crippen LogP contribution is -2.14. The van der Waals surface area contributed by atoms with Gasteiger partial charge in [-0.05, 0) is 16.7 Å². The molecular weight excluding hydrogens is 307 g/mol. The fourth-order valence-corrected chi connectivity index (χ4v) is 3.06. The molecule has 114 valence electrons. The van der Waals surface area contributed by atoms with Gasteiger partial charge in [-0.2, -0.15) is 8.42 Å². The van der Waals surface area contributed by atoms with Gasteiger partial charge >= 0.3 is 0 Å². The summed E-state index contributed by atoms with van der Waals surface area (Å²) in [7, 11) is -5.11. The van der Waals surface area contributed by atoms with Crippen LogP contribution in [0.2, 0.25) is 0 Å². The minimum Gasteiger partial charge on any atom is -0.282 e. The molecule has 1 N–H and O–H groups in total. The van der Waals surface area contributed by atoms with E-state index in [4.69, 9.17) is 4.55 Å². The highest BCUT2D eigenvalue weighted by atomic mass is 32.2. The summed E-state index contributed by atoms with van der Waals surface area (Å²) >= 11 is 0. The average molecular weight is 318 g/mol. The largest absolute Gasteiger partial charge is 0.295 e. The molecule has 0 aromatic heterocycles. The van der Waals surface area contributed by atoms with E-state index in [9.17, 15) is 30.4 Å². The zero-order chi connectivity index (χ0) is 15.5. The molecule has 1 rings (SSSR count). The molecule has 0 radical (unpaired) electrons. The summed E-state index contributed by atoms with van der Waals surface area (Å²) in [5, 5.41) is 0. The Morgan fingerprint density at radius 1 is 0.650 bits per heavy atom. The maximum absolute atomic E-state index is 13.0. The summed E-state index contributed by atoms with van der Waals surface area (Å²) in [4.78, 5) is -1.22. The van der Waals surface area contributed by atoms with Crippen LogP contribution in [0.25, 0.3) is 0 Å². The first kappa shape index (κ1) is 16.8. The molecule has 0 amide bonds. The molecule has 3 nitrogen and oxygen atoms in total. The Bertz CT molecular complexity index is 568. The molecule has 0 saturated carbocycles. The van der Waals surface area contributed by atoms with Gasteiger partial charge in [-0.1, -0.05) is 0 Å². The summed E-state index contributed by atoms with van der Waals surface area (Å²) in [6.07, 6.45) is 0. The van der Waals surface area contributed by atoms with Gasteiger partial charge in [0.2, 0.25) is 0 Å². The number of rotatable bonds is 6. The number of halogens is 5. The van der Waals surface area contributed by atoms with E-state index in [0.29, 0.717) is 0 Å². The number of hydrogen-bond donors (Lipinski definition) is 1. The third kappa shape index (κ3) is 2.78. The molecule has 1 aromatic rings. The Labute approximate surface area is 112 Å². The Hall–Kier alpha value is -1.22. The summed E-state index contributed by atoms with van der Waals surface area (Å²) in [5.74, 6) is 0. The van der Waals surface area contributed by atoms with Gasteiger partial charge in [-0.15, -0.1) is 0 Å². The molecule has 0 spiro atoms. The van der Waals surface area contributed by atoms with Crippen LogP contribution in [0.1, 0.15) is 27.8 Å². The fourth-order valence-electron chi connectivity index (χ4n) is 2.08. The van der Waals surface area contributed by atoms with Crippen molar-refractivity contribution in [1.82, 2.24) is 0 Å². The van der Waals surface area contributed by atoms with Crippen LogP contribution in [0, 0.1) is 0 Å². The predicted molar refractivity (Wildman–Crippen MR) is 60.3 cm³/mol. The van der Waals surface area contributed by atoms with Crippen molar-refractivity contribution in [1.29, 1.82) is 0 Å². The molecular formula is C11H11F5O3S. The van der Waals surface area contributed by atoms with E-state index in [0.717, 1.165) is 0 Å². The Kier molecular flexibility index (Phi) is 5.46. The third-order valence-electron chi connectivity index (χ3n) is 2.93. The molecule has 1 aromatic carbocycles. The summed E-state index contributed by atoms with van der Waals surface area (Å²) < 4.78 is 96.1. The SMILES string of the molecule is O=S(=O)(O)c1c(CF)c(CF)c(CF)c(CF)c1CF. The van der Waals surface area contributed by atoms with Gasteiger partial charge < -0.3 is 0 Å². The minimum atomic E-state index is -5.11. The number of alkyl halides is 5. The normalized spacial score (nSPS) is 11.9. The predicted octanol–water partition coefficient (Wildman–Crippen LogP) is 3.28. The van der Waals surface area contributed by atoms with E-state index < -0.39 is 76.2 Å². The van der Waals surface area contributed by atoms with Crippen molar-refractivity contribution in [2.75, 3.05) is 0 Å².